The van der Waals surface area contributed by atoms with Gasteiger partial charge in [0.2, 0.25) is 0 Å². The van der Waals surface area contributed by atoms with Gasteiger partial charge in [0.1, 0.15) is 0 Å². The van der Waals surface area contributed by atoms with Crippen molar-refractivity contribution in [2.45, 2.75) is 19.3 Å². The molecule has 0 fully saturated rings. The number of alkyl halides is 2. The lowest BCUT2D eigenvalue weighted by Crippen LogP contribution is -2.25. The zero-order valence-electron chi connectivity index (χ0n) is 17.3. The SMILES string of the molecule is Cn1cc(-c2cc3c(cc2C(F)F)N(c2cncc4ccc(C(=O)O)cc24)CCC3)cn1. The minimum Gasteiger partial charge on any atom is -0.478 e. The third-order valence-electron chi connectivity index (χ3n) is 5.90. The molecule has 0 saturated heterocycles. The summed E-state index contributed by atoms with van der Waals surface area (Å²) < 4.78 is 29.8. The normalized spacial score (nSPS) is 13.6. The first-order valence-electron chi connectivity index (χ1n) is 10.2. The van der Waals surface area contributed by atoms with Crippen molar-refractivity contribution in [2.75, 3.05) is 11.4 Å². The molecule has 5 rings (SSSR count). The first-order chi connectivity index (χ1) is 15.4. The number of hydrogen-bond donors (Lipinski definition) is 1. The first kappa shape index (κ1) is 20.1. The van der Waals surface area contributed by atoms with Gasteiger partial charge in [0.25, 0.3) is 6.43 Å². The third-order valence-corrected chi connectivity index (χ3v) is 5.90. The van der Waals surface area contributed by atoms with Crippen LogP contribution in [-0.4, -0.2) is 32.4 Å². The number of carbonyl (C=O) groups is 1. The molecule has 0 saturated carbocycles. The molecule has 1 aliphatic heterocycles. The average molecular weight is 434 g/mol. The number of benzene rings is 2. The van der Waals surface area contributed by atoms with Crippen LogP contribution in [0.3, 0.4) is 0 Å². The molecular weight excluding hydrogens is 414 g/mol. The molecule has 162 valence electrons. The Balaban J connectivity index is 1.69. The van der Waals surface area contributed by atoms with E-state index in [4.69, 9.17) is 0 Å². The average Bonchev–Trinajstić information content (AvgIpc) is 3.23. The number of fused-ring (bicyclic) bond motifs is 2. The number of aryl methyl sites for hydroxylation is 2. The van der Waals surface area contributed by atoms with Gasteiger partial charge >= 0.3 is 5.97 Å². The third kappa shape index (κ3) is 3.37. The molecule has 0 unspecified atom stereocenters. The maximum atomic E-state index is 14.1. The summed E-state index contributed by atoms with van der Waals surface area (Å²) in [7, 11) is 1.75. The number of aromatic carboxylic acids is 1. The van der Waals surface area contributed by atoms with Gasteiger partial charge in [-0.3, -0.25) is 9.67 Å². The number of carboxylic acids is 1. The van der Waals surface area contributed by atoms with E-state index >= 15 is 0 Å². The molecule has 0 aliphatic carbocycles. The minimum absolute atomic E-state index is 0.0527. The van der Waals surface area contributed by atoms with Gasteiger partial charge < -0.3 is 10.0 Å². The Hall–Kier alpha value is -3.81. The summed E-state index contributed by atoms with van der Waals surface area (Å²) >= 11 is 0. The van der Waals surface area contributed by atoms with E-state index in [1.54, 1.807) is 54.7 Å². The number of hydrogen-bond acceptors (Lipinski definition) is 4. The van der Waals surface area contributed by atoms with Gasteiger partial charge in [-0.2, -0.15) is 5.10 Å². The Kier molecular flexibility index (Phi) is 4.84. The van der Waals surface area contributed by atoms with Crippen LogP contribution in [0.2, 0.25) is 0 Å². The molecule has 4 aromatic rings. The lowest BCUT2D eigenvalue weighted by atomic mass is 9.92. The highest BCUT2D eigenvalue weighted by atomic mass is 19.3. The van der Waals surface area contributed by atoms with Crippen LogP contribution in [0.4, 0.5) is 20.2 Å². The summed E-state index contributed by atoms with van der Waals surface area (Å²) in [5, 5.41) is 15.1. The van der Waals surface area contributed by atoms with Crippen molar-refractivity contribution in [1.29, 1.82) is 0 Å². The van der Waals surface area contributed by atoms with Crippen LogP contribution >= 0.6 is 0 Å². The van der Waals surface area contributed by atoms with Crippen LogP contribution in [0.1, 0.15) is 34.3 Å². The summed E-state index contributed by atoms with van der Waals surface area (Å²) in [6, 6.07) is 8.26. The summed E-state index contributed by atoms with van der Waals surface area (Å²) in [5.74, 6) is -1.02. The molecule has 6 nitrogen and oxygen atoms in total. The Morgan fingerprint density at radius 1 is 1.12 bits per heavy atom. The number of anilines is 2. The molecule has 0 atom stereocenters. The highest BCUT2D eigenvalue weighted by Crippen LogP contribution is 2.42. The molecule has 1 N–H and O–H groups in total. The van der Waals surface area contributed by atoms with E-state index in [0.29, 0.717) is 29.0 Å². The maximum absolute atomic E-state index is 14.1. The van der Waals surface area contributed by atoms with E-state index in [0.717, 1.165) is 29.2 Å². The fourth-order valence-electron chi connectivity index (χ4n) is 4.39. The van der Waals surface area contributed by atoms with Gasteiger partial charge in [0.15, 0.2) is 0 Å². The quantitative estimate of drug-likeness (QED) is 0.469. The topological polar surface area (TPSA) is 71.2 Å². The molecule has 2 aromatic heterocycles. The first-order valence-corrected chi connectivity index (χ1v) is 10.2. The molecule has 0 radical (unpaired) electrons. The number of carboxylic acid groups (broad SMARTS) is 1. The van der Waals surface area contributed by atoms with E-state index in [9.17, 15) is 18.7 Å². The Bertz CT molecular complexity index is 1350. The van der Waals surface area contributed by atoms with E-state index in [1.807, 2.05) is 11.0 Å². The van der Waals surface area contributed by atoms with Crippen LogP contribution in [0.5, 0.6) is 0 Å². The summed E-state index contributed by atoms with van der Waals surface area (Å²) in [6.07, 6.45) is 5.62. The number of pyridine rings is 1. The van der Waals surface area contributed by atoms with Crippen LogP contribution in [-0.2, 0) is 13.5 Å². The van der Waals surface area contributed by atoms with Crippen LogP contribution in [0, 0.1) is 0 Å². The summed E-state index contributed by atoms with van der Waals surface area (Å²) in [5.41, 5.74) is 3.63. The molecule has 8 heteroatoms. The zero-order valence-corrected chi connectivity index (χ0v) is 17.3. The molecule has 1 aliphatic rings. The smallest absolute Gasteiger partial charge is 0.335 e. The van der Waals surface area contributed by atoms with Crippen LogP contribution in [0.15, 0.2) is 55.1 Å². The molecule has 2 aromatic carbocycles. The molecule has 32 heavy (non-hydrogen) atoms. The second kappa shape index (κ2) is 7.71. The lowest BCUT2D eigenvalue weighted by molar-refractivity contribution is 0.0697. The molecule has 0 bridgehead atoms. The highest BCUT2D eigenvalue weighted by molar-refractivity contribution is 6.00. The van der Waals surface area contributed by atoms with E-state index < -0.39 is 12.4 Å². The number of aromatic nitrogens is 3. The zero-order chi connectivity index (χ0) is 22.4. The fraction of sp³-hybridized carbons (Fsp3) is 0.208. The molecule has 0 amide bonds. The second-order valence-corrected chi connectivity index (χ2v) is 7.93. The van der Waals surface area contributed by atoms with Gasteiger partial charge in [-0.05, 0) is 48.2 Å². The van der Waals surface area contributed by atoms with Gasteiger partial charge in [-0.1, -0.05) is 6.07 Å². The van der Waals surface area contributed by atoms with Crippen molar-refractivity contribution in [2.24, 2.45) is 7.05 Å². The van der Waals surface area contributed by atoms with Crippen molar-refractivity contribution in [1.82, 2.24) is 14.8 Å². The number of nitrogens with zero attached hydrogens (tertiary/aromatic N) is 4. The van der Waals surface area contributed by atoms with Gasteiger partial charge in [-0.25, -0.2) is 13.6 Å². The van der Waals surface area contributed by atoms with E-state index in [-0.39, 0.29) is 11.1 Å². The predicted molar refractivity (Wildman–Crippen MR) is 118 cm³/mol. The Labute approximate surface area is 182 Å². The Morgan fingerprint density at radius 3 is 2.69 bits per heavy atom. The van der Waals surface area contributed by atoms with Gasteiger partial charge in [0, 0.05) is 53.6 Å². The van der Waals surface area contributed by atoms with Crippen molar-refractivity contribution < 1.29 is 18.7 Å². The van der Waals surface area contributed by atoms with Gasteiger partial charge in [-0.15, -0.1) is 0 Å². The van der Waals surface area contributed by atoms with E-state index in [2.05, 4.69) is 10.1 Å². The standard InChI is InChI=1S/C24H20F2N4O2/c1-29-13-17(11-28-29)18-7-14-3-2-6-30(21(14)9-20(18)23(25)26)22-12-27-10-16-5-4-15(24(31)32)8-19(16)22/h4-5,7-13,23H,2-3,6H2,1H3,(H,31,32). The lowest BCUT2D eigenvalue weighted by Gasteiger charge is -2.33. The fourth-order valence-corrected chi connectivity index (χ4v) is 4.39. The summed E-state index contributed by atoms with van der Waals surface area (Å²) in [4.78, 5) is 17.8. The number of rotatable bonds is 4. The molecular formula is C24H20F2N4O2. The van der Waals surface area contributed by atoms with Crippen molar-refractivity contribution in [3.63, 3.8) is 0 Å². The highest BCUT2D eigenvalue weighted by Gasteiger charge is 2.26. The Morgan fingerprint density at radius 2 is 1.97 bits per heavy atom. The predicted octanol–water partition coefficient (Wildman–Crippen LogP) is 5.36. The van der Waals surface area contributed by atoms with Crippen LogP contribution in [0.25, 0.3) is 21.9 Å². The van der Waals surface area contributed by atoms with Crippen molar-refractivity contribution >= 4 is 28.1 Å². The second-order valence-electron chi connectivity index (χ2n) is 7.93. The largest absolute Gasteiger partial charge is 0.478 e. The van der Waals surface area contributed by atoms with Crippen LogP contribution < -0.4 is 4.90 Å². The van der Waals surface area contributed by atoms with Crippen molar-refractivity contribution in [3.8, 4) is 11.1 Å². The summed E-state index contributed by atoms with van der Waals surface area (Å²) in [6.45, 7) is 0.625. The van der Waals surface area contributed by atoms with Gasteiger partial charge in [0.05, 0.1) is 23.6 Å². The monoisotopic (exact) mass is 434 g/mol. The van der Waals surface area contributed by atoms with E-state index in [1.165, 1.54) is 6.07 Å². The molecule has 3 heterocycles. The maximum Gasteiger partial charge on any atom is 0.335 e. The molecule has 0 spiro atoms. The van der Waals surface area contributed by atoms with Crippen molar-refractivity contribution in [3.05, 3.63) is 71.8 Å². The minimum atomic E-state index is -2.65. The number of halogens is 2.